The molecule has 2 atom stereocenters. The number of methoxy groups -OCH3 is 1. The normalized spacial score (nSPS) is 18.7. The second-order valence-electron chi connectivity index (χ2n) is 5.94. The summed E-state index contributed by atoms with van der Waals surface area (Å²) in [7, 11) is 1.37. The van der Waals surface area contributed by atoms with Gasteiger partial charge in [0.05, 0.1) is 12.5 Å². The molecule has 0 fully saturated rings. The van der Waals surface area contributed by atoms with E-state index in [1.807, 2.05) is 6.92 Å². The zero-order valence-electron chi connectivity index (χ0n) is 13.5. The topological polar surface area (TPSA) is 72.0 Å². The van der Waals surface area contributed by atoms with E-state index in [0.717, 1.165) is 29.5 Å². The minimum absolute atomic E-state index is 0.0933. The third kappa shape index (κ3) is 3.17. The van der Waals surface area contributed by atoms with Gasteiger partial charge in [0.25, 0.3) is 5.56 Å². The molecule has 0 amide bonds. The van der Waals surface area contributed by atoms with Crippen molar-refractivity contribution in [2.75, 3.05) is 7.11 Å². The molecule has 23 heavy (non-hydrogen) atoms. The van der Waals surface area contributed by atoms with Crippen molar-refractivity contribution in [3.63, 3.8) is 0 Å². The number of fused-ring (bicyclic) bond motifs is 3. The molecular formula is C16H20N2O3S2. The van der Waals surface area contributed by atoms with Gasteiger partial charge in [-0.3, -0.25) is 9.59 Å². The van der Waals surface area contributed by atoms with E-state index in [-0.39, 0.29) is 16.8 Å². The number of hydrogen-bond donors (Lipinski definition) is 1. The van der Waals surface area contributed by atoms with E-state index in [1.165, 1.54) is 29.3 Å². The molecule has 0 aliphatic heterocycles. The Hall–Kier alpha value is -1.34. The van der Waals surface area contributed by atoms with E-state index in [4.69, 9.17) is 4.74 Å². The van der Waals surface area contributed by atoms with Crippen LogP contribution in [0.5, 0.6) is 0 Å². The van der Waals surface area contributed by atoms with E-state index < -0.39 is 0 Å². The van der Waals surface area contributed by atoms with E-state index >= 15 is 0 Å². The van der Waals surface area contributed by atoms with Gasteiger partial charge in [-0.25, -0.2) is 4.98 Å². The first-order valence-corrected chi connectivity index (χ1v) is 9.52. The maximum atomic E-state index is 12.5. The lowest BCUT2D eigenvalue weighted by molar-refractivity contribution is -0.140. The number of esters is 1. The molecule has 0 bridgehead atoms. The van der Waals surface area contributed by atoms with Crippen LogP contribution in [0.15, 0.2) is 9.95 Å². The van der Waals surface area contributed by atoms with Crippen molar-refractivity contribution < 1.29 is 9.53 Å². The van der Waals surface area contributed by atoms with Crippen LogP contribution in [0.3, 0.4) is 0 Å². The molecule has 1 aliphatic rings. The first-order valence-electron chi connectivity index (χ1n) is 7.82. The SMILES string of the molecule is CC[C@@H](Sc1nc2sc3c(c2c(=O)[nH]1)CC[C@H](C)C3)C(=O)OC. The van der Waals surface area contributed by atoms with Crippen molar-refractivity contribution >= 4 is 39.3 Å². The summed E-state index contributed by atoms with van der Waals surface area (Å²) in [6.45, 7) is 4.16. The minimum Gasteiger partial charge on any atom is -0.468 e. The summed E-state index contributed by atoms with van der Waals surface area (Å²) in [5.41, 5.74) is 1.08. The first-order chi connectivity index (χ1) is 11.0. The van der Waals surface area contributed by atoms with Crippen molar-refractivity contribution in [1.82, 2.24) is 9.97 Å². The van der Waals surface area contributed by atoms with Crippen LogP contribution in [0.4, 0.5) is 0 Å². The molecule has 0 spiro atoms. The summed E-state index contributed by atoms with van der Waals surface area (Å²) in [6.07, 6.45) is 3.72. The maximum absolute atomic E-state index is 12.5. The van der Waals surface area contributed by atoms with Gasteiger partial charge in [-0.2, -0.15) is 0 Å². The second-order valence-corrected chi connectivity index (χ2v) is 8.22. The van der Waals surface area contributed by atoms with Crippen LogP contribution >= 0.6 is 23.1 Å². The van der Waals surface area contributed by atoms with Crippen LogP contribution in [-0.2, 0) is 22.4 Å². The number of hydrogen-bond acceptors (Lipinski definition) is 6. The van der Waals surface area contributed by atoms with E-state index in [1.54, 1.807) is 11.3 Å². The number of H-pyrrole nitrogens is 1. The zero-order chi connectivity index (χ0) is 16.6. The average molecular weight is 352 g/mol. The number of aromatic amines is 1. The number of thioether (sulfide) groups is 1. The molecule has 3 rings (SSSR count). The highest BCUT2D eigenvalue weighted by Gasteiger charge is 2.24. The van der Waals surface area contributed by atoms with Gasteiger partial charge in [-0.1, -0.05) is 25.6 Å². The molecule has 0 unspecified atom stereocenters. The zero-order valence-corrected chi connectivity index (χ0v) is 15.1. The second kappa shape index (κ2) is 6.65. The van der Waals surface area contributed by atoms with Gasteiger partial charge >= 0.3 is 5.97 Å². The van der Waals surface area contributed by atoms with Gasteiger partial charge < -0.3 is 9.72 Å². The third-order valence-corrected chi connectivity index (χ3v) is 6.61. The Balaban J connectivity index is 1.99. The Morgan fingerprint density at radius 1 is 1.57 bits per heavy atom. The number of aromatic nitrogens is 2. The molecule has 2 aromatic heterocycles. The number of nitrogens with zero attached hydrogens (tertiary/aromatic N) is 1. The molecular weight excluding hydrogens is 332 g/mol. The Morgan fingerprint density at radius 3 is 3.04 bits per heavy atom. The summed E-state index contributed by atoms with van der Waals surface area (Å²) >= 11 is 2.88. The number of carbonyl (C=O) groups excluding carboxylic acids is 1. The summed E-state index contributed by atoms with van der Waals surface area (Å²) in [6, 6.07) is 0. The van der Waals surface area contributed by atoms with Crippen LogP contribution in [0.25, 0.3) is 10.2 Å². The van der Waals surface area contributed by atoms with Crippen molar-refractivity contribution in [2.45, 2.75) is 49.9 Å². The lowest BCUT2D eigenvalue weighted by atomic mass is 9.89. The summed E-state index contributed by atoms with van der Waals surface area (Å²) in [4.78, 5) is 33.7. The quantitative estimate of drug-likeness (QED) is 0.520. The molecule has 0 saturated heterocycles. The van der Waals surface area contributed by atoms with E-state index in [0.29, 0.717) is 17.5 Å². The molecule has 124 valence electrons. The average Bonchev–Trinajstić information content (AvgIpc) is 2.89. The fourth-order valence-electron chi connectivity index (χ4n) is 2.95. The monoisotopic (exact) mass is 352 g/mol. The third-order valence-electron chi connectivity index (χ3n) is 4.23. The van der Waals surface area contributed by atoms with Crippen molar-refractivity contribution in [1.29, 1.82) is 0 Å². The number of carbonyl (C=O) groups is 1. The molecule has 0 saturated carbocycles. The summed E-state index contributed by atoms with van der Waals surface area (Å²) in [5, 5.41) is 0.883. The molecule has 2 heterocycles. The van der Waals surface area contributed by atoms with Gasteiger partial charge in [-0.05, 0) is 37.2 Å². The standard InChI is InChI=1S/C16H20N2O3S2/c1-4-10(15(20)21-3)23-16-17-13(19)12-9-6-5-8(2)7-11(9)22-14(12)18-16/h8,10H,4-7H2,1-3H3,(H,17,18,19)/t8-,10+/m0/s1. The van der Waals surface area contributed by atoms with Crippen LogP contribution in [0.1, 0.15) is 37.1 Å². The number of rotatable bonds is 4. The van der Waals surface area contributed by atoms with Crippen LogP contribution in [0, 0.1) is 5.92 Å². The molecule has 0 radical (unpaired) electrons. The molecule has 5 nitrogen and oxygen atoms in total. The highest BCUT2D eigenvalue weighted by atomic mass is 32.2. The Labute approximate surface area is 142 Å². The maximum Gasteiger partial charge on any atom is 0.319 e. The van der Waals surface area contributed by atoms with Gasteiger partial charge in [0.15, 0.2) is 5.16 Å². The Kier molecular flexibility index (Phi) is 4.77. The number of ether oxygens (including phenoxy) is 1. The molecule has 7 heteroatoms. The lowest BCUT2D eigenvalue weighted by Crippen LogP contribution is -2.19. The first kappa shape index (κ1) is 16.5. The molecule has 0 aromatic carbocycles. The Morgan fingerprint density at radius 2 is 2.35 bits per heavy atom. The highest BCUT2D eigenvalue weighted by molar-refractivity contribution is 8.00. The van der Waals surface area contributed by atoms with Crippen molar-refractivity contribution in [3.05, 3.63) is 20.8 Å². The van der Waals surface area contributed by atoms with Gasteiger partial charge in [0, 0.05) is 4.88 Å². The van der Waals surface area contributed by atoms with Crippen molar-refractivity contribution in [2.24, 2.45) is 5.92 Å². The fraction of sp³-hybridized carbons (Fsp3) is 0.562. The van der Waals surface area contributed by atoms with E-state index in [2.05, 4.69) is 16.9 Å². The number of aryl methyl sites for hydroxylation is 1. The van der Waals surface area contributed by atoms with Crippen LogP contribution in [0.2, 0.25) is 0 Å². The summed E-state index contributed by atoms with van der Waals surface area (Å²) in [5.74, 6) is 0.367. The highest BCUT2D eigenvalue weighted by Crippen LogP contribution is 2.36. The van der Waals surface area contributed by atoms with Gasteiger partial charge in [-0.15, -0.1) is 11.3 Å². The van der Waals surface area contributed by atoms with E-state index in [9.17, 15) is 9.59 Å². The molecule has 1 N–H and O–H groups in total. The molecule has 2 aromatic rings. The Bertz CT molecular complexity index is 796. The number of thiophene rings is 1. The smallest absolute Gasteiger partial charge is 0.319 e. The predicted octanol–water partition coefficient (Wildman–Crippen LogP) is 3.15. The van der Waals surface area contributed by atoms with Crippen LogP contribution < -0.4 is 5.56 Å². The largest absolute Gasteiger partial charge is 0.468 e. The minimum atomic E-state index is -0.352. The van der Waals surface area contributed by atoms with Crippen molar-refractivity contribution in [3.8, 4) is 0 Å². The predicted molar refractivity (Wildman–Crippen MR) is 93.4 cm³/mol. The molecule has 1 aliphatic carbocycles. The lowest BCUT2D eigenvalue weighted by Gasteiger charge is -2.17. The fourth-order valence-corrected chi connectivity index (χ4v) is 5.31. The summed E-state index contributed by atoms with van der Waals surface area (Å²) < 4.78 is 4.79. The van der Waals surface area contributed by atoms with Gasteiger partial charge in [0.2, 0.25) is 0 Å². The number of nitrogens with one attached hydrogen (secondary N) is 1. The van der Waals surface area contributed by atoms with Crippen LogP contribution in [-0.4, -0.2) is 28.3 Å². The van der Waals surface area contributed by atoms with Gasteiger partial charge in [0.1, 0.15) is 10.1 Å².